The fourth-order valence-electron chi connectivity index (χ4n) is 3.12. The molecule has 1 N–H and O–H groups in total. The van der Waals surface area contributed by atoms with Crippen molar-refractivity contribution < 1.29 is 9.90 Å². The highest BCUT2D eigenvalue weighted by molar-refractivity contribution is 5.81. The summed E-state index contributed by atoms with van der Waals surface area (Å²) in [5.41, 5.74) is 1.88. The maximum absolute atomic E-state index is 12.4. The minimum absolute atomic E-state index is 0.133. The van der Waals surface area contributed by atoms with E-state index in [4.69, 9.17) is 0 Å². The Morgan fingerprint density at radius 1 is 1.32 bits per heavy atom. The van der Waals surface area contributed by atoms with Gasteiger partial charge in [0.1, 0.15) is 6.04 Å². The molecule has 1 aliphatic rings. The molecular formula is C20H25N3O2. The van der Waals surface area contributed by atoms with Crippen LogP contribution in [-0.2, 0) is 4.79 Å². The van der Waals surface area contributed by atoms with Crippen LogP contribution in [0.2, 0.25) is 0 Å². The molecule has 1 heterocycles. The summed E-state index contributed by atoms with van der Waals surface area (Å²) in [6.07, 6.45) is 0. The van der Waals surface area contributed by atoms with Crippen molar-refractivity contribution in [1.82, 2.24) is 9.80 Å². The topological polar surface area (TPSA) is 67.6 Å². The number of aliphatic hydroxyl groups is 1. The Morgan fingerprint density at radius 2 is 1.96 bits per heavy atom. The quantitative estimate of drug-likeness (QED) is 0.843. The van der Waals surface area contributed by atoms with Gasteiger partial charge in [0.05, 0.1) is 25.3 Å². The standard InChI is InChI=1S/C20H25N3O2/c1-14(2)5-6-15-7-9-16(10-8-15)20-17(11-21)23(18(20)13-24)19(25)12-22(3)4/h7-10,14,17-18,20,24H,12-13H2,1-4H3/t17-,18+,20+/m1/s1. The van der Waals surface area contributed by atoms with Gasteiger partial charge in [-0.2, -0.15) is 5.26 Å². The van der Waals surface area contributed by atoms with E-state index in [1.807, 2.05) is 38.1 Å². The van der Waals surface area contributed by atoms with E-state index in [9.17, 15) is 15.2 Å². The Morgan fingerprint density at radius 3 is 2.44 bits per heavy atom. The van der Waals surface area contributed by atoms with Gasteiger partial charge in [-0.15, -0.1) is 0 Å². The van der Waals surface area contributed by atoms with Gasteiger partial charge in [0.15, 0.2) is 0 Å². The van der Waals surface area contributed by atoms with Gasteiger partial charge in [0, 0.05) is 17.4 Å². The van der Waals surface area contributed by atoms with Crippen molar-refractivity contribution >= 4 is 5.91 Å². The molecule has 25 heavy (non-hydrogen) atoms. The molecule has 0 bridgehead atoms. The molecule has 0 saturated carbocycles. The summed E-state index contributed by atoms with van der Waals surface area (Å²) in [4.78, 5) is 15.6. The fourth-order valence-corrected chi connectivity index (χ4v) is 3.12. The molecule has 5 nitrogen and oxygen atoms in total. The van der Waals surface area contributed by atoms with Crippen molar-refractivity contribution in [2.75, 3.05) is 27.2 Å². The van der Waals surface area contributed by atoms with Crippen LogP contribution in [0.5, 0.6) is 0 Å². The van der Waals surface area contributed by atoms with Gasteiger partial charge in [-0.25, -0.2) is 0 Å². The number of aliphatic hydroxyl groups excluding tert-OH is 1. The van der Waals surface area contributed by atoms with E-state index < -0.39 is 6.04 Å². The van der Waals surface area contributed by atoms with Crippen LogP contribution in [0.4, 0.5) is 0 Å². The van der Waals surface area contributed by atoms with E-state index in [2.05, 4.69) is 17.9 Å². The Bertz CT molecular complexity index is 707. The summed E-state index contributed by atoms with van der Waals surface area (Å²) >= 11 is 0. The third-order valence-corrected chi connectivity index (χ3v) is 4.27. The number of rotatable bonds is 4. The molecular weight excluding hydrogens is 314 g/mol. The second-order valence-electron chi connectivity index (χ2n) is 6.93. The molecule has 3 atom stereocenters. The summed E-state index contributed by atoms with van der Waals surface area (Å²) < 4.78 is 0. The number of benzene rings is 1. The number of likely N-dealkylation sites (N-methyl/N-ethyl adjacent to an activating group) is 1. The van der Waals surface area contributed by atoms with Gasteiger partial charge in [-0.05, 0) is 31.8 Å². The Kier molecular flexibility index (Phi) is 6.20. The largest absolute Gasteiger partial charge is 0.394 e. The molecule has 1 aromatic rings. The first-order valence-corrected chi connectivity index (χ1v) is 8.47. The summed E-state index contributed by atoms with van der Waals surface area (Å²) in [6, 6.07) is 9.06. The van der Waals surface area contributed by atoms with E-state index in [0.717, 1.165) is 11.1 Å². The molecule has 0 unspecified atom stereocenters. The summed E-state index contributed by atoms with van der Waals surface area (Å²) in [6.45, 7) is 4.15. The Labute approximate surface area is 149 Å². The fraction of sp³-hybridized carbons (Fsp3) is 0.500. The number of hydrogen-bond acceptors (Lipinski definition) is 4. The normalized spacial score (nSPS) is 22.2. The predicted molar refractivity (Wildman–Crippen MR) is 96.6 cm³/mol. The lowest BCUT2D eigenvalue weighted by atomic mass is 9.75. The first kappa shape index (κ1) is 19.0. The molecule has 1 aliphatic heterocycles. The van der Waals surface area contributed by atoms with Crippen LogP contribution in [0, 0.1) is 29.1 Å². The molecule has 2 rings (SSSR count). The highest BCUT2D eigenvalue weighted by atomic mass is 16.3. The number of hydrogen-bond donors (Lipinski definition) is 1. The number of nitrogens with zero attached hydrogens (tertiary/aromatic N) is 3. The lowest BCUT2D eigenvalue weighted by molar-refractivity contribution is -0.147. The lowest BCUT2D eigenvalue weighted by Gasteiger charge is -2.51. The minimum Gasteiger partial charge on any atom is -0.394 e. The predicted octanol–water partition coefficient (Wildman–Crippen LogP) is 1.43. The van der Waals surface area contributed by atoms with Crippen LogP contribution < -0.4 is 0 Å². The van der Waals surface area contributed by atoms with E-state index in [1.54, 1.807) is 19.0 Å². The molecule has 5 heteroatoms. The zero-order chi connectivity index (χ0) is 18.6. The van der Waals surface area contributed by atoms with Crippen molar-refractivity contribution in [2.45, 2.75) is 31.8 Å². The van der Waals surface area contributed by atoms with Gasteiger partial charge >= 0.3 is 0 Å². The monoisotopic (exact) mass is 339 g/mol. The zero-order valence-electron chi connectivity index (χ0n) is 15.2. The number of carbonyl (C=O) groups is 1. The highest BCUT2D eigenvalue weighted by Gasteiger charge is 2.51. The molecule has 132 valence electrons. The van der Waals surface area contributed by atoms with Gasteiger partial charge in [-0.1, -0.05) is 37.8 Å². The van der Waals surface area contributed by atoms with Crippen LogP contribution >= 0.6 is 0 Å². The van der Waals surface area contributed by atoms with E-state index in [0.29, 0.717) is 5.92 Å². The Hall–Kier alpha value is -2.34. The average Bonchev–Trinajstić information content (AvgIpc) is 2.53. The Balaban J connectivity index is 2.20. The first-order valence-electron chi connectivity index (χ1n) is 8.47. The molecule has 1 amide bonds. The molecule has 0 radical (unpaired) electrons. The lowest BCUT2D eigenvalue weighted by Crippen LogP contribution is -2.66. The van der Waals surface area contributed by atoms with E-state index in [-0.39, 0.29) is 31.0 Å². The number of amides is 1. The average molecular weight is 339 g/mol. The summed E-state index contributed by atoms with van der Waals surface area (Å²) in [7, 11) is 3.61. The van der Waals surface area contributed by atoms with Crippen LogP contribution in [0.15, 0.2) is 24.3 Å². The minimum atomic E-state index is -0.544. The van der Waals surface area contributed by atoms with E-state index in [1.165, 1.54) is 4.90 Å². The van der Waals surface area contributed by atoms with Crippen molar-refractivity contribution in [2.24, 2.45) is 5.92 Å². The number of carbonyl (C=O) groups excluding carboxylic acids is 1. The van der Waals surface area contributed by atoms with Crippen molar-refractivity contribution in [3.8, 4) is 17.9 Å². The smallest absolute Gasteiger partial charge is 0.238 e. The van der Waals surface area contributed by atoms with Gasteiger partial charge in [0.25, 0.3) is 0 Å². The maximum atomic E-state index is 12.4. The summed E-state index contributed by atoms with van der Waals surface area (Å²) in [5, 5.41) is 19.3. The molecule has 1 saturated heterocycles. The SMILES string of the molecule is CC(C)C#Cc1ccc([C@H]2[C@@H](C#N)N(C(=O)CN(C)C)[C@H]2CO)cc1. The van der Waals surface area contributed by atoms with Gasteiger partial charge in [-0.3, -0.25) is 4.79 Å². The van der Waals surface area contributed by atoms with Crippen LogP contribution in [0.25, 0.3) is 0 Å². The molecule has 0 spiro atoms. The third kappa shape index (κ3) is 4.20. The van der Waals surface area contributed by atoms with Crippen molar-refractivity contribution in [3.05, 3.63) is 35.4 Å². The molecule has 0 aromatic heterocycles. The number of nitriles is 1. The molecule has 1 aromatic carbocycles. The van der Waals surface area contributed by atoms with Crippen LogP contribution in [0.1, 0.15) is 30.9 Å². The molecule has 1 fully saturated rings. The highest BCUT2D eigenvalue weighted by Crippen LogP contribution is 2.40. The third-order valence-electron chi connectivity index (χ3n) is 4.27. The first-order chi connectivity index (χ1) is 11.9. The van der Waals surface area contributed by atoms with Gasteiger partial charge < -0.3 is 14.9 Å². The number of likely N-dealkylation sites (tertiary alicyclic amines) is 1. The van der Waals surface area contributed by atoms with Gasteiger partial charge in [0.2, 0.25) is 5.91 Å². The summed E-state index contributed by atoms with van der Waals surface area (Å²) in [5.74, 6) is 6.23. The van der Waals surface area contributed by atoms with Crippen molar-refractivity contribution in [3.63, 3.8) is 0 Å². The van der Waals surface area contributed by atoms with Crippen molar-refractivity contribution in [1.29, 1.82) is 5.26 Å². The zero-order valence-corrected chi connectivity index (χ0v) is 15.2. The van der Waals surface area contributed by atoms with Crippen LogP contribution in [-0.4, -0.2) is 60.1 Å². The second kappa shape index (κ2) is 8.16. The second-order valence-corrected chi connectivity index (χ2v) is 6.93. The molecule has 0 aliphatic carbocycles. The van der Waals surface area contributed by atoms with Crippen LogP contribution in [0.3, 0.4) is 0 Å². The van der Waals surface area contributed by atoms with E-state index >= 15 is 0 Å². The maximum Gasteiger partial charge on any atom is 0.238 e.